The molecular weight excluding hydrogens is 276 g/mol. The van der Waals surface area contributed by atoms with E-state index in [0.29, 0.717) is 19.6 Å². The lowest BCUT2D eigenvalue weighted by Gasteiger charge is -2.09. The number of rotatable bonds is 8. The maximum absolute atomic E-state index is 12.1. The van der Waals surface area contributed by atoms with Gasteiger partial charge in [-0.2, -0.15) is 5.26 Å². The molecule has 0 aromatic heterocycles. The Bertz CT molecular complexity index is 562. The van der Waals surface area contributed by atoms with Gasteiger partial charge in [-0.25, -0.2) is 13.1 Å². The van der Waals surface area contributed by atoms with Gasteiger partial charge in [-0.3, -0.25) is 0 Å². The van der Waals surface area contributed by atoms with E-state index in [9.17, 15) is 8.42 Å². The van der Waals surface area contributed by atoms with Crippen LogP contribution in [0.5, 0.6) is 0 Å². The minimum atomic E-state index is -3.62. The number of nitriles is 1. The summed E-state index contributed by atoms with van der Waals surface area (Å²) in [5.41, 5.74) is 0.156. The fourth-order valence-electron chi connectivity index (χ4n) is 1.62. The highest BCUT2D eigenvalue weighted by atomic mass is 32.2. The largest absolute Gasteiger partial charge is 0.379 e. The van der Waals surface area contributed by atoms with E-state index in [1.54, 1.807) is 12.1 Å². The highest BCUT2D eigenvalue weighted by molar-refractivity contribution is 7.89. The summed E-state index contributed by atoms with van der Waals surface area (Å²) >= 11 is 0. The van der Waals surface area contributed by atoms with E-state index in [1.165, 1.54) is 12.1 Å². The van der Waals surface area contributed by atoms with Gasteiger partial charge in [-0.05, 0) is 38.8 Å². The van der Waals surface area contributed by atoms with Gasteiger partial charge in [-0.15, -0.1) is 0 Å². The molecule has 0 aliphatic heterocycles. The fourth-order valence-corrected chi connectivity index (χ4v) is 2.85. The van der Waals surface area contributed by atoms with Crippen molar-refractivity contribution in [3.63, 3.8) is 0 Å². The molecule has 6 heteroatoms. The molecule has 0 spiro atoms. The number of hydrogen-bond acceptors (Lipinski definition) is 4. The molecular formula is C14H20N2O3S. The Labute approximate surface area is 120 Å². The summed E-state index contributed by atoms with van der Waals surface area (Å²) < 4.78 is 32.0. The molecule has 1 aromatic rings. The van der Waals surface area contributed by atoms with Gasteiger partial charge in [0.25, 0.3) is 0 Å². The van der Waals surface area contributed by atoms with Gasteiger partial charge < -0.3 is 4.74 Å². The average Bonchev–Trinajstić information content (AvgIpc) is 2.42. The molecule has 0 saturated carbocycles. The van der Waals surface area contributed by atoms with Crippen molar-refractivity contribution in [2.24, 2.45) is 0 Å². The number of nitrogens with one attached hydrogen (secondary N) is 1. The lowest BCUT2D eigenvalue weighted by Crippen LogP contribution is -2.25. The molecule has 0 aliphatic rings. The van der Waals surface area contributed by atoms with Crippen LogP contribution in [0, 0.1) is 11.3 Å². The minimum absolute atomic E-state index is 0.0286. The fraction of sp³-hybridized carbons (Fsp3) is 0.500. The summed E-state index contributed by atoms with van der Waals surface area (Å²) in [6.07, 6.45) is 1.68. The first-order valence-corrected chi connectivity index (χ1v) is 8.06. The van der Waals surface area contributed by atoms with E-state index in [0.717, 1.165) is 6.42 Å². The van der Waals surface area contributed by atoms with Crippen LogP contribution in [0.1, 0.15) is 32.3 Å². The predicted molar refractivity (Wildman–Crippen MR) is 76.7 cm³/mol. The molecule has 0 heterocycles. The molecule has 5 nitrogen and oxygen atoms in total. The SMILES string of the molecule is CC(C)OCCCCNS(=O)(=O)c1ccccc1C#N. The van der Waals surface area contributed by atoms with Crippen molar-refractivity contribution in [1.82, 2.24) is 4.72 Å². The van der Waals surface area contributed by atoms with Crippen molar-refractivity contribution in [2.75, 3.05) is 13.2 Å². The molecule has 0 atom stereocenters. The van der Waals surface area contributed by atoms with Crippen LogP contribution in [-0.4, -0.2) is 27.7 Å². The standard InChI is InChI=1S/C14H20N2O3S/c1-12(2)19-10-6-5-9-16-20(17,18)14-8-4-3-7-13(14)11-15/h3-4,7-8,12,16H,5-6,9-10H2,1-2H3. The molecule has 1 aromatic carbocycles. The van der Waals surface area contributed by atoms with Crippen LogP contribution in [0.2, 0.25) is 0 Å². The molecule has 0 fully saturated rings. The van der Waals surface area contributed by atoms with Gasteiger partial charge in [0.1, 0.15) is 6.07 Å². The van der Waals surface area contributed by atoms with Gasteiger partial charge in [0.2, 0.25) is 10.0 Å². The molecule has 1 rings (SSSR count). The Kier molecular flexibility index (Phi) is 6.65. The minimum Gasteiger partial charge on any atom is -0.379 e. The Morgan fingerprint density at radius 3 is 2.65 bits per heavy atom. The molecule has 0 saturated heterocycles. The quantitative estimate of drug-likeness (QED) is 0.745. The molecule has 0 unspecified atom stereocenters. The van der Waals surface area contributed by atoms with Gasteiger partial charge in [0, 0.05) is 13.2 Å². The van der Waals surface area contributed by atoms with Gasteiger partial charge in [-0.1, -0.05) is 12.1 Å². The Morgan fingerprint density at radius 1 is 1.30 bits per heavy atom. The zero-order chi connectivity index (χ0) is 15.0. The zero-order valence-corrected chi connectivity index (χ0v) is 12.6. The van der Waals surface area contributed by atoms with Crippen molar-refractivity contribution in [1.29, 1.82) is 5.26 Å². The van der Waals surface area contributed by atoms with Crippen molar-refractivity contribution in [3.05, 3.63) is 29.8 Å². The van der Waals surface area contributed by atoms with Gasteiger partial charge in [0.15, 0.2) is 0 Å². The Hall–Kier alpha value is -1.42. The van der Waals surface area contributed by atoms with Crippen LogP contribution in [0.15, 0.2) is 29.2 Å². The lowest BCUT2D eigenvalue weighted by atomic mass is 10.2. The highest BCUT2D eigenvalue weighted by Crippen LogP contribution is 2.13. The molecule has 0 amide bonds. The third-order valence-corrected chi connectivity index (χ3v) is 4.13. The van der Waals surface area contributed by atoms with Crippen LogP contribution in [0.25, 0.3) is 0 Å². The monoisotopic (exact) mass is 296 g/mol. The van der Waals surface area contributed by atoms with Crippen molar-refractivity contribution in [2.45, 2.75) is 37.7 Å². The van der Waals surface area contributed by atoms with Gasteiger partial charge in [0.05, 0.1) is 16.6 Å². The summed E-state index contributed by atoms with van der Waals surface area (Å²) in [5, 5.41) is 8.92. The lowest BCUT2D eigenvalue weighted by molar-refractivity contribution is 0.0762. The molecule has 0 aliphatic carbocycles. The zero-order valence-electron chi connectivity index (χ0n) is 11.8. The Balaban J connectivity index is 2.49. The second kappa shape index (κ2) is 8.00. The topological polar surface area (TPSA) is 79.2 Å². The number of hydrogen-bond donors (Lipinski definition) is 1. The van der Waals surface area contributed by atoms with E-state index in [2.05, 4.69) is 4.72 Å². The van der Waals surface area contributed by atoms with Crippen LogP contribution in [0.3, 0.4) is 0 Å². The molecule has 20 heavy (non-hydrogen) atoms. The molecule has 1 N–H and O–H groups in total. The molecule has 0 radical (unpaired) electrons. The van der Waals surface area contributed by atoms with Crippen molar-refractivity contribution in [3.8, 4) is 6.07 Å². The average molecular weight is 296 g/mol. The third kappa shape index (κ3) is 5.29. The first-order valence-electron chi connectivity index (χ1n) is 6.58. The number of unbranched alkanes of at least 4 members (excludes halogenated alkanes) is 1. The Morgan fingerprint density at radius 2 is 2.00 bits per heavy atom. The van der Waals surface area contributed by atoms with E-state index in [1.807, 2.05) is 19.9 Å². The smallest absolute Gasteiger partial charge is 0.241 e. The maximum atomic E-state index is 12.1. The highest BCUT2D eigenvalue weighted by Gasteiger charge is 2.17. The van der Waals surface area contributed by atoms with E-state index in [-0.39, 0.29) is 16.6 Å². The number of nitrogens with zero attached hydrogens (tertiary/aromatic N) is 1. The van der Waals surface area contributed by atoms with Gasteiger partial charge >= 0.3 is 0 Å². The summed E-state index contributed by atoms with van der Waals surface area (Å²) in [4.78, 5) is 0.0286. The molecule has 110 valence electrons. The van der Waals surface area contributed by atoms with Crippen molar-refractivity contribution < 1.29 is 13.2 Å². The van der Waals surface area contributed by atoms with Crippen LogP contribution < -0.4 is 4.72 Å². The summed E-state index contributed by atoms with van der Waals surface area (Å²) in [5.74, 6) is 0. The van der Waals surface area contributed by atoms with E-state index < -0.39 is 10.0 Å². The van der Waals surface area contributed by atoms with Crippen molar-refractivity contribution >= 4 is 10.0 Å². The summed E-state index contributed by atoms with van der Waals surface area (Å²) in [7, 11) is -3.62. The second-order valence-electron chi connectivity index (χ2n) is 4.63. The van der Waals surface area contributed by atoms with E-state index >= 15 is 0 Å². The number of sulfonamides is 1. The predicted octanol–water partition coefficient (Wildman–Crippen LogP) is 2.04. The third-order valence-electron chi connectivity index (χ3n) is 2.61. The normalized spacial score (nSPS) is 11.5. The summed E-state index contributed by atoms with van der Waals surface area (Å²) in [6.45, 7) is 4.88. The molecule has 0 bridgehead atoms. The van der Waals surface area contributed by atoms with Crippen LogP contribution in [0.4, 0.5) is 0 Å². The summed E-state index contributed by atoms with van der Waals surface area (Å²) in [6, 6.07) is 8.05. The maximum Gasteiger partial charge on any atom is 0.241 e. The first kappa shape index (κ1) is 16.6. The number of ether oxygens (including phenoxy) is 1. The second-order valence-corrected chi connectivity index (χ2v) is 6.37. The number of benzene rings is 1. The van der Waals surface area contributed by atoms with Crippen LogP contribution >= 0.6 is 0 Å². The first-order chi connectivity index (χ1) is 9.47. The van der Waals surface area contributed by atoms with Crippen LogP contribution in [-0.2, 0) is 14.8 Å². The van der Waals surface area contributed by atoms with E-state index in [4.69, 9.17) is 10.00 Å².